The summed E-state index contributed by atoms with van der Waals surface area (Å²) in [5, 5.41) is 17.8. The van der Waals surface area contributed by atoms with Crippen molar-refractivity contribution in [3.8, 4) is 6.07 Å². The fraction of sp³-hybridized carbons (Fsp3) is 0.500. The van der Waals surface area contributed by atoms with E-state index < -0.39 is 5.54 Å². The van der Waals surface area contributed by atoms with Crippen LogP contribution in [-0.4, -0.2) is 36.9 Å². The molecule has 0 spiro atoms. The Bertz CT molecular complexity index is 762. The number of nitrogens with one attached hydrogen (secondary N) is 1. The van der Waals surface area contributed by atoms with Crippen LogP contribution < -0.4 is 5.32 Å². The number of carbonyl (C=O) groups is 1. The lowest BCUT2D eigenvalue weighted by Gasteiger charge is -2.22. The fourth-order valence-corrected chi connectivity index (χ4v) is 3.16. The first-order chi connectivity index (χ1) is 10.5. The summed E-state index contributed by atoms with van der Waals surface area (Å²) < 4.78 is 1.67. The van der Waals surface area contributed by atoms with Crippen LogP contribution in [0.25, 0.3) is 11.0 Å². The molecule has 0 aliphatic heterocycles. The van der Waals surface area contributed by atoms with Crippen molar-refractivity contribution in [2.75, 3.05) is 5.75 Å². The van der Waals surface area contributed by atoms with Gasteiger partial charge in [-0.1, -0.05) is 11.8 Å². The predicted molar refractivity (Wildman–Crippen MR) is 81.9 cm³/mol. The molecule has 1 unspecified atom stereocenters. The maximum atomic E-state index is 12.1. The predicted octanol–water partition coefficient (Wildman–Crippen LogP) is 1.26. The molecule has 3 rings (SSSR count). The number of fused-ring (bicyclic) bond motifs is 1. The number of nitriles is 1. The molecule has 1 fully saturated rings. The Kier molecular flexibility index (Phi) is 3.74. The summed E-state index contributed by atoms with van der Waals surface area (Å²) in [4.78, 5) is 20.5. The van der Waals surface area contributed by atoms with Crippen LogP contribution in [0.3, 0.4) is 0 Å². The molecule has 0 bridgehead atoms. The highest BCUT2D eigenvalue weighted by Crippen LogP contribution is 2.39. The highest BCUT2D eigenvalue weighted by Gasteiger charge is 2.42. The molecule has 1 atom stereocenters. The lowest BCUT2D eigenvalue weighted by Crippen LogP contribution is -2.47. The molecule has 2 aromatic rings. The Morgan fingerprint density at radius 1 is 1.59 bits per heavy atom. The number of aryl methyl sites for hydroxylation is 1. The standard InChI is InChI=1S/C14H16N6OS/c1-14(7-15,9-3-4-9)19-11(21)6-22-13-10-5-18-20(2)12(10)16-8-17-13/h5,8-9H,3-4,6H2,1-2H3,(H,19,21). The van der Waals surface area contributed by atoms with Gasteiger partial charge < -0.3 is 5.32 Å². The lowest BCUT2D eigenvalue weighted by molar-refractivity contribution is -0.119. The Hall–Kier alpha value is -2.14. The third-order valence-electron chi connectivity index (χ3n) is 3.86. The molecule has 0 radical (unpaired) electrons. The van der Waals surface area contributed by atoms with Gasteiger partial charge >= 0.3 is 0 Å². The summed E-state index contributed by atoms with van der Waals surface area (Å²) in [5.74, 6) is 0.331. The summed E-state index contributed by atoms with van der Waals surface area (Å²) in [6.07, 6.45) is 5.16. The Morgan fingerprint density at radius 2 is 2.36 bits per heavy atom. The summed E-state index contributed by atoms with van der Waals surface area (Å²) in [5.41, 5.74) is -0.0230. The Labute approximate surface area is 132 Å². The number of hydrogen-bond acceptors (Lipinski definition) is 6. The summed E-state index contributed by atoms with van der Waals surface area (Å²) in [6.45, 7) is 1.79. The lowest BCUT2D eigenvalue weighted by atomic mass is 9.98. The van der Waals surface area contributed by atoms with Gasteiger partial charge in [-0.3, -0.25) is 9.48 Å². The first kappa shape index (κ1) is 14.8. The van der Waals surface area contributed by atoms with E-state index in [9.17, 15) is 10.1 Å². The number of rotatable bonds is 5. The summed E-state index contributed by atoms with van der Waals surface area (Å²) >= 11 is 1.33. The number of carbonyl (C=O) groups excluding carboxylic acids is 1. The average Bonchev–Trinajstić information content (AvgIpc) is 3.30. The van der Waals surface area contributed by atoms with Crippen LogP contribution in [-0.2, 0) is 11.8 Å². The quantitative estimate of drug-likeness (QED) is 0.659. The molecular formula is C14H16N6OS. The van der Waals surface area contributed by atoms with Gasteiger partial charge in [0.05, 0.1) is 23.4 Å². The van der Waals surface area contributed by atoms with Gasteiger partial charge in [0, 0.05) is 7.05 Å². The van der Waals surface area contributed by atoms with E-state index in [0.29, 0.717) is 0 Å². The smallest absolute Gasteiger partial charge is 0.231 e. The van der Waals surface area contributed by atoms with E-state index in [0.717, 1.165) is 28.9 Å². The van der Waals surface area contributed by atoms with Crippen LogP contribution in [0.4, 0.5) is 0 Å². The minimum absolute atomic E-state index is 0.156. The second-order valence-corrected chi connectivity index (χ2v) is 6.57. The van der Waals surface area contributed by atoms with Crippen LogP contribution in [0.15, 0.2) is 17.6 Å². The van der Waals surface area contributed by atoms with Gasteiger partial charge in [-0.25, -0.2) is 9.97 Å². The first-order valence-electron chi connectivity index (χ1n) is 7.01. The Balaban J connectivity index is 1.66. The van der Waals surface area contributed by atoms with Crippen molar-refractivity contribution in [1.29, 1.82) is 5.26 Å². The molecule has 8 heteroatoms. The van der Waals surface area contributed by atoms with Gasteiger partial charge in [-0.05, 0) is 25.7 Å². The zero-order valence-corrected chi connectivity index (χ0v) is 13.2. The van der Waals surface area contributed by atoms with Crippen molar-refractivity contribution in [2.45, 2.75) is 30.3 Å². The summed E-state index contributed by atoms with van der Waals surface area (Å²) in [7, 11) is 1.81. The van der Waals surface area contributed by atoms with E-state index in [4.69, 9.17) is 0 Å². The topological polar surface area (TPSA) is 96.5 Å². The van der Waals surface area contributed by atoms with Crippen molar-refractivity contribution in [3.05, 3.63) is 12.5 Å². The molecule has 114 valence electrons. The number of hydrogen-bond donors (Lipinski definition) is 1. The first-order valence-corrected chi connectivity index (χ1v) is 8.00. The highest BCUT2D eigenvalue weighted by atomic mass is 32.2. The molecule has 2 heterocycles. The van der Waals surface area contributed by atoms with Crippen LogP contribution in [0.1, 0.15) is 19.8 Å². The van der Waals surface area contributed by atoms with Gasteiger partial charge in [-0.15, -0.1) is 0 Å². The molecule has 7 nitrogen and oxygen atoms in total. The van der Waals surface area contributed by atoms with Crippen LogP contribution >= 0.6 is 11.8 Å². The molecule has 2 aromatic heterocycles. The van der Waals surface area contributed by atoms with E-state index in [1.54, 1.807) is 17.8 Å². The average molecular weight is 316 g/mol. The van der Waals surface area contributed by atoms with Crippen molar-refractivity contribution >= 4 is 28.7 Å². The van der Waals surface area contributed by atoms with Crippen LogP contribution in [0, 0.1) is 17.2 Å². The molecular weight excluding hydrogens is 300 g/mol. The van der Waals surface area contributed by atoms with Crippen LogP contribution in [0.5, 0.6) is 0 Å². The second-order valence-electron chi connectivity index (χ2n) is 5.61. The van der Waals surface area contributed by atoms with Crippen molar-refractivity contribution in [2.24, 2.45) is 13.0 Å². The SMILES string of the molecule is Cn1ncc2c(SCC(=O)NC(C)(C#N)C3CC3)ncnc21. The fourth-order valence-electron chi connectivity index (χ4n) is 2.40. The molecule has 0 saturated heterocycles. The van der Waals surface area contributed by atoms with E-state index in [1.807, 2.05) is 7.05 Å². The largest absolute Gasteiger partial charge is 0.337 e. The maximum absolute atomic E-state index is 12.1. The third kappa shape index (κ3) is 2.76. The number of thioether (sulfide) groups is 1. The monoisotopic (exact) mass is 316 g/mol. The van der Waals surface area contributed by atoms with Crippen molar-refractivity contribution in [1.82, 2.24) is 25.1 Å². The van der Waals surface area contributed by atoms with Gasteiger partial charge in [-0.2, -0.15) is 10.4 Å². The Morgan fingerprint density at radius 3 is 3.05 bits per heavy atom. The zero-order valence-electron chi connectivity index (χ0n) is 12.4. The molecule has 1 aliphatic carbocycles. The van der Waals surface area contributed by atoms with E-state index in [-0.39, 0.29) is 17.6 Å². The van der Waals surface area contributed by atoms with Crippen molar-refractivity contribution in [3.63, 3.8) is 0 Å². The molecule has 1 saturated carbocycles. The van der Waals surface area contributed by atoms with E-state index in [2.05, 4.69) is 26.5 Å². The van der Waals surface area contributed by atoms with Gasteiger partial charge in [0.2, 0.25) is 5.91 Å². The van der Waals surface area contributed by atoms with Crippen LogP contribution in [0.2, 0.25) is 0 Å². The van der Waals surface area contributed by atoms with Gasteiger partial charge in [0.15, 0.2) is 5.65 Å². The molecule has 1 N–H and O–H groups in total. The minimum Gasteiger partial charge on any atom is -0.337 e. The molecule has 22 heavy (non-hydrogen) atoms. The normalized spacial score (nSPS) is 17.0. The summed E-state index contributed by atoms with van der Waals surface area (Å²) in [6, 6.07) is 2.22. The van der Waals surface area contributed by atoms with E-state index in [1.165, 1.54) is 18.1 Å². The maximum Gasteiger partial charge on any atom is 0.231 e. The van der Waals surface area contributed by atoms with Gasteiger partial charge in [0.25, 0.3) is 0 Å². The van der Waals surface area contributed by atoms with Gasteiger partial charge in [0.1, 0.15) is 16.9 Å². The number of amides is 1. The van der Waals surface area contributed by atoms with E-state index >= 15 is 0 Å². The number of aromatic nitrogens is 4. The van der Waals surface area contributed by atoms with Crippen molar-refractivity contribution < 1.29 is 4.79 Å². The minimum atomic E-state index is -0.757. The second kappa shape index (κ2) is 5.57. The molecule has 0 aromatic carbocycles. The molecule has 1 aliphatic rings. The number of nitrogens with zero attached hydrogens (tertiary/aromatic N) is 5. The third-order valence-corrected chi connectivity index (χ3v) is 4.86. The zero-order chi connectivity index (χ0) is 15.7. The molecule has 1 amide bonds. The highest BCUT2D eigenvalue weighted by molar-refractivity contribution is 8.00.